The fraction of sp³-hybridized carbons (Fsp3) is 0.381. The Kier molecular flexibility index (Phi) is 7.53. The van der Waals surface area contributed by atoms with E-state index in [1.807, 2.05) is 48.5 Å². The molecule has 0 unspecified atom stereocenters. The number of benzene rings is 2. The number of nitrogens with one attached hydrogen (secondary N) is 1. The molecule has 0 aromatic heterocycles. The molecule has 0 fully saturated rings. The van der Waals surface area contributed by atoms with Crippen LogP contribution in [-0.4, -0.2) is 43.2 Å². The van der Waals surface area contributed by atoms with Gasteiger partial charge in [-0.15, -0.1) is 11.8 Å². The molecule has 0 radical (unpaired) electrons. The number of carbonyl (C=O) groups excluding carboxylic acids is 1. The number of rotatable bonds is 9. The largest absolute Gasteiger partial charge is 0.355 e. The third kappa shape index (κ3) is 6.09. The Hall–Kier alpha value is -1.83. The van der Waals surface area contributed by atoms with Crippen molar-refractivity contribution in [2.45, 2.75) is 25.1 Å². The van der Waals surface area contributed by atoms with Crippen LogP contribution in [0.15, 0.2) is 54.6 Å². The maximum absolute atomic E-state index is 12.6. The lowest BCUT2D eigenvalue weighted by molar-refractivity contribution is -0.118. The van der Waals surface area contributed by atoms with Crippen molar-refractivity contribution < 1.29 is 13.2 Å². The van der Waals surface area contributed by atoms with Crippen molar-refractivity contribution in [3.05, 3.63) is 71.3 Å². The molecule has 2 aromatic carbocycles. The summed E-state index contributed by atoms with van der Waals surface area (Å²) in [5, 5.41) is 2.82. The molecule has 0 saturated carbocycles. The SMILES string of the molecule is O=C(CSCc1ccccc1)NCCCS(=O)(=O)N1CCc2ccccc2C1. The van der Waals surface area contributed by atoms with Crippen molar-refractivity contribution >= 4 is 27.7 Å². The van der Waals surface area contributed by atoms with Gasteiger partial charge in [0, 0.05) is 25.4 Å². The number of thioether (sulfide) groups is 1. The molecule has 0 atom stereocenters. The Morgan fingerprint density at radius 3 is 2.54 bits per heavy atom. The summed E-state index contributed by atoms with van der Waals surface area (Å²) < 4.78 is 26.7. The molecule has 1 amide bonds. The Labute approximate surface area is 171 Å². The highest BCUT2D eigenvalue weighted by Gasteiger charge is 2.25. The predicted octanol–water partition coefficient (Wildman–Crippen LogP) is 2.81. The minimum Gasteiger partial charge on any atom is -0.355 e. The van der Waals surface area contributed by atoms with Crippen LogP contribution in [-0.2, 0) is 33.5 Å². The molecule has 5 nitrogen and oxygen atoms in total. The van der Waals surface area contributed by atoms with Gasteiger partial charge in [0.05, 0.1) is 11.5 Å². The topological polar surface area (TPSA) is 66.5 Å². The summed E-state index contributed by atoms with van der Waals surface area (Å²) in [6.45, 7) is 1.36. The van der Waals surface area contributed by atoms with Crippen LogP contribution in [0, 0.1) is 0 Å². The number of carbonyl (C=O) groups is 1. The van der Waals surface area contributed by atoms with Crippen LogP contribution in [0.3, 0.4) is 0 Å². The summed E-state index contributed by atoms with van der Waals surface area (Å²) in [6.07, 6.45) is 1.18. The first-order valence-electron chi connectivity index (χ1n) is 9.47. The van der Waals surface area contributed by atoms with E-state index in [0.29, 0.717) is 31.8 Å². The normalized spacial score (nSPS) is 14.4. The van der Waals surface area contributed by atoms with Crippen LogP contribution in [0.1, 0.15) is 23.1 Å². The van der Waals surface area contributed by atoms with Crippen molar-refractivity contribution in [2.75, 3.05) is 24.6 Å². The summed E-state index contributed by atoms with van der Waals surface area (Å²) in [6, 6.07) is 18.0. The summed E-state index contributed by atoms with van der Waals surface area (Å²) in [5.41, 5.74) is 3.50. The molecule has 1 heterocycles. The zero-order valence-corrected chi connectivity index (χ0v) is 17.5. The second kappa shape index (κ2) is 10.1. The van der Waals surface area contributed by atoms with Gasteiger partial charge in [-0.1, -0.05) is 54.6 Å². The smallest absolute Gasteiger partial charge is 0.230 e. The van der Waals surface area contributed by atoms with E-state index in [2.05, 4.69) is 11.4 Å². The molecule has 0 aliphatic carbocycles. The van der Waals surface area contributed by atoms with Crippen molar-refractivity contribution in [3.8, 4) is 0 Å². The number of nitrogens with zero attached hydrogens (tertiary/aromatic N) is 1. The quantitative estimate of drug-likeness (QED) is 0.636. The third-order valence-corrected chi connectivity index (χ3v) is 7.64. The molecule has 7 heteroatoms. The number of sulfonamides is 1. The number of amides is 1. The van der Waals surface area contributed by atoms with Crippen LogP contribution in [0.4, 0.5) is 0 Å². The van der Waals surface area contributed by atoms with E-state index in [9.17, 15) is 13.2 Å². The van der Waals surface area contributed by atoms with Gasteiger partial charge in [-0.25, -0.2) is 8.42 Å². The first kappa shape index (κ1) is 20.9. The van der Waals surface area contributed by atoms with Gasteiger partial charge >= 0.3 is 0 Å². The van der Waals surface area contributed by atoms with E-state index < -0.39 is 10.0 Å². The van der Waals surface area contributed by atoms with Crippen molar-refractivity contribution in [1.29, 1.82) is 0 Å². The highest BCUT2D eigenvalue weighted by Crippen LogP contribution is 2.21. The molecule has 28 heavy (non-hydrogen) atoms. The highest BCUT2D eigenvalue weighted by atomic mass is 32.2. The second-order valence-electron chi connectivity index (χ2n) is 6.85. The summed E-state index contributed by atoms with van der Waals surface area (Å²) >= 11 is 1.56. The lowest BCUT2D eigenvalue weighted by Crippen LogP contribution is -2.38. The number of hydrogen-bond acceptors (Lipinski definition) is 4. The maximum Gasteiger partial charge on any atom is 0.230 e. The monoisotopic (exact) mass is 418 g/mol. The van der Waals surface area contributed by atoms with Gasteiger partial charge in [-0.05, 0) is 29.5 Å². The molecule has 1 N–H and O–H groups in total. The zero-order valence-electron chi connectivity index (χ0n) is 15.8. The van der Waals surface area contributed by atoms with Gasteiger partial charge in [0.2, 0.25) is 15.9 Å². The Bertz CT molecular complexity index is 886. The zero-order chi connectivity index (χ0) is 19.8. The average Bonchev–Trinajstić information content (AvgIpc) is 2.72. The van der Waals surface area contributed by atoms with Gasteiger partial charge in [0.25, 0.3) is 0 Å². The molecule has 0 spiro atoms. The standard InChI is InChI=1S/C21H26N2O3S2/c24-21(17-27-16-18-7-2-1-3-8-18)22-12-6-14-28(25,26)23-13-11-19-9-4-5-10-20(19)15-23/h1-5,7-10H,6,11-17H2,(H,22,24). The van der Waals surface area contributed by atoms with Crippen LogP contribution in [0.2, 0.25) is 0 Å². The van der Waals surface area contributed by atoms with Gasteiger partial charge in [0.1, 0.15) is 0 Å². The minimum absolute atomic E-state index is 0.0507. The molecule has 0 saturated heterocycles. The van der Waals surface area contributed by atoms with Gasteiger partial charge < -0.3 is 5.32 Å². The third-order valence-electron chi connectivity index (χ3n) is 4.73. The Morgan fingerprint density at radius 1 is 1.04 bits per heavy atom. The molecule has 0 bridgehead atoms. The first-order chi connectivity index (χ1) is 13.5. The van der Waals surface area contributed by atoms with Gasteiger partial charge in [-0.2, -0.15) is 4.31 Å². The van der Waals surface area contributed by atoms with E-state index in [-0.39, 0.29) is 11.7 Å². The van der Waals surface area contributed by atoms with E-state index >= 15 is 0 Å². The second-order valence-corrected chi connectivity index (χ2v) is 9.92. The van der Waals surface area contributed by atoms with Crippen molar-refractivity contribution in [3.63, 3.8) is 0 Å². The lowest BCUT2D eigenvalue weighted by Gasteiger charge is -2.28. The molecule has 2 aromatic rings. The van der Waals surface area contributed by atoms with E-state index in [4.69, 9.17) is 0 Å². The molecule has 150 valence electrons. The van der Waals surface area contributed by atoms with Crippen LogP contribution >= 0.6 is 11.8 Å². The molecule has 1 aliphatic rings. The van der Waals surface area contributed by atoms with E-state index in [1.165, 1.54) is 11.1 Å². The number of fused-ring (bicyclic) bond motifs is 1. The first-order valence-corrected chi connectivity index (χ1v) is 12.2. The van der Waals surface area contributed by atoms with Crippen LogP contribution < -0.4 is 5.32 Å². The average molecular weight is 419 g/mol. The van der Waals surface area contributed by atoms with Crippen molar-refractivity contribution in [1.82, 2.24) is 9.62 Å². The molecular formula is C21H26N2O3S2. The van der Waals surface area contributed by atoms with Crippen molar-refractivity contribution in [2.24, 2.45) is 0 Å². The molecule has 1 aliphatic heterocycles. The van der Waals surface area contributed by atoms with Crippen LogP contribution in [0.5, 0.6) is 0 Å². The predicted molar refractivity (Wildman–Crippen MR) is 115 cm³/mol. The van der Waals surface area contributed by atoms with Gasteiger partial charge in [-0.3, -0.25) is 4.79 Å². The minimum atomic E-state index is -3.30. The highest BCUT2D eigenvalue weighted by molar-refractivity contribution is 7.99. The maximum atomic E-state index is 12.6. The van der Waals surface area contributed by atoms with E-state index in [1.54, 1.807) is 16.1 Å². The summed E-state index contributed by atoms with van der Waals surface area (Å²) in [7, 11) is -3.30. The molecule has 3 rings (SSSR count). The fourth-order valence-corrected chi connectivity index (χ4v) is 5.50. The Morgan fingerprint density at radius 2 is 1.75 bits per heavy atom. The molecular weight excluding hydrogens is 392 g/mol. The number of hydrogen-bond donors (Lipinski definition) is 1. The Balaban J connectivity index is 1.34. The fourth-order valence-electron chi connectivity index (χ4n) is 3.21. The summed E-state index contributed by atoms with van der Waals surface area (Å²) in [5.74, 6) is 1.18. The summed E-state index contributed by atoms with van der Waals surface area (Å²) in [4.78, 5) is 11.9. The van der Waals surface area contributed by atoms with Crippen LogP contribution in [0.25, 0.3) is 0 Å². The lowest BCUT2D eigenvalue weighted by atomic mass is 10.0. The van der Waals surface area contributed by atoms with Gasteiger partial charge in [0.15, 0.2) is 0 Å². The van der Waals surface area contributed by atoms with E-state index in [0.717, 1.165) is 17.7 Å².